The standard InChI is InChI=1S/C49H51N7O7/c1-5-54(31-22-33(23-31)62-32-11-12-34-35(24-32)45(61)56(44(34)60)37-13-15-39(57)52-43(37)59)26-27-17-20-55(21-18-27)30-9-6-28(7-10-30)42(58)53-46-48(2,3)47-49(46,4)36-16-19-51-41-29(25-50)8-14-38(63-47)40(36)41/h6-12,14,16,19,24,27,31,33,37,46-47H,5,13,15,17-18,20-23,26H2,1-4H3,(H,53,58)(H,52,57,59)/t31?,33?,37?,46-,47-,49?/m0/s1. The first-order chi connectivity index (χ1) is 30.3. The Hall–Kier alpha value is -6.33. The summed E-state index contributed by atoms with van der Waals surface area (Å²) in [5.41, 5.74) is 3.50. The van der Waals surface area contributed by atoms with Gasteiger partial charge in [0, 0.05) is 73.2 Å². The Bertz CT molecular complexity index is 2630. The maximum atomic E-state index is 13.9. The van der Waals surface area contributed by atoms with Crippen molar-refractivity contribution in [3.05, 3.63) is 94.7 Å². The number of nitrogens with zero attached hydrogens (tertiary/aromatic N) is 5. The molecular formula is C49H51N7O7. The first-order valence-corrected chi connectivity index (χ1v) is 22.2. The summed E-state index contributed by atoms with van der Waals surface area (Å²) in [4.78, 5) is 74.8. The summed E-state index contributed by atoms with van der Waals surface area (Å²) in [5.74, 6) is -0.402. The predicted molar refractivity (Wildman–Crippen MR) is 232 cm³/mol. The summed E-state index contributed by atoms with van der Waals surface area (Å²) in [5, 5.41) is 16.2. The molecule has 3 aromatic carbocycles. The monoisotopic (exact) mass is 849 g/mol. The molecule has 2 saturated carbocycles. The average Bonchev–Trinajstić information content (AvgIpc) is 3.52. The van der Waals surface area contributed by atoms with Crippen LogP contribution in [0.2, 0.25) is 0 Å². The smallest absolute Gasteiger partial charge is 0.262 e. The summed E-state index contributed by atoms with van der Waals surface area (Å²) >= 11 is 0. The highest BCUT2D eigenvalue weighted by atomic mass is 16.5. The van der Waals surface area contributed by atoms with Crippen LogP contribution >= 0.6 is 0 Å². The predicted octanol–water partition coefficient (Wildman–Crippen LogP) is 5.51. The number of hydrogen-bond acceptors (Lipinski definition) is 11. The van der Waals surface area contributed by atoms with E-state index in [4.69, 9.17) is 9.47 Å². The number of ether oxygens (including phenoxy) is 2. The molecule has 14 heteroatoms. The molecule has 0 radical (unpaired) electrons. The molecule has 6 aliphatic rings. The van der Waals surface area contributed by atoms with Gasteiger partial charge in [-0.05, 0) is 105 Å². The minimum Gasteiger partial charge on any atom is -0.490 e. The van der Waals surface area contributed by atoms with Crippen LogP contribution in [0.15, 0.2) is 66.9 Å². The lowest BCUT2D eigenvalue weighted by molar-refractivity contribution is -0.136. The van der Waals surface area contributed by atoms with E-state index in [0.29, 0.717) is 34.4 Å². The van der Waals surface area contributed by atoms with Gasteiger partial charge >= 0.3 is 0 Å². The minimum absolute atomic E-state index is 0.00223. The highest BCUT2D eigenvalue weighted by Crippen LogP contribution is 2.61. The van der Waals surface area contributed by atoms with Crippen molar-refractivity contribution in [2.75, 3.05) is 31.1 Å². The fourth-order valence-electron chi connectivity index (χ4n) is 11.6. The van der Waals surface area contributed by atoms with Gasteiger partial charge in [0.2, 0.25) is 11.8 Å². The number of fused-ring (bicyclic) bond motifs is 3. The minimum atomic E-state index is -1.00. The number of carbonyl (C=O) groups is 5. The van der Waals surface area contributed by atoms with Gasteiger partial charge in [0.15, 0.2) is 0 Å². The van der Waals surface area contributed by atoms with E-state index in [0.717, 1.165) is 79.1 Å². The molecule has 2 N–H and O–H groups in total. The average molecular weight is 850 g/mol. The largest absolute Gasteiger partial charge is 0.490 e. The van der Waals surface area contributed by atoms with Crippen LogP contribution in [0, 0.1) is 22.7 Å². The van der Waals surface area contributed by atoms with Gasteiger partial charge in [-0.3, -0.25) is 39.2 Å². The second-order valence-electron chi connectivity index (χ2n) is 18.9. The summed E-state index contributed by atoms with van der Waals surface area (Å²) in [6, 6.07) is 19.9. The van der Waals surface area contributed by atoms with Crippen LogP contribution < -0.4 is 25.0 Å². The number of amides is 5. The van der Waals surface area contributed by atoms with Gasteiger partial charge in [0.05, 0.1) is 33.7 Å². The molecule has 5 amide bonds. The van der Waals surface area contributed by atoms with E-state index in [2.05, 4.69) is 71.3 Å². The van der Waals surface area contributed by atoms with E-state index < -0.39 is 35.1 Å². The van der Waals surface area contributed by atoms with E-state index in [1.54, 1.807) is 30.5 Å². The molecule has 4 aromatic rings. The first-order valence-electron chi connectivity index (χ1n) is 22.2. The van der Waals surface area contributed by atoms with Gasteiger partial charge in [-0.25, -0.2) is 0 Å². The number of nitriles is 1. The van der Waals surface area contributed by atoms with Gasteiger partial charge in [0.1, 0.15) is 35.8 Å². The molecule has 0 bridgehead atoms. The zero-order valence-corrected chi connectivity index (χ0v) is 36.0. The fourth-order valence-corrected chi connectivity index (χ4v) is 11.6. The van der Waals surface area contributed by atoms with E-state index in [1.165, 1.54) is 0 Å². The van der Waals surface area contributed by atoms with Crippen molar-refractivity contribution >= 4 is 46.1 Å². The second kappa shape index (κ2) is 15.2. The fraction of sp³-hybridized carbons (Fsp3) is 0.449. The zero-order chi connectivity index (χ0) is 43.9. The number of carbonyl (C=O) groups excluding carboxylic acids is 5. The Morgan fingerprint density at radius 1 is 0.984 bits per heavy atom. The summed E-state index contributed by atoms with van der Waals surface area (Å²) in [6.07, 6.45) is 5.66. The number of hydrogen-bond donors (Lipinski definition) is 2. The van der Waals surface area contributed by atoms with Crippen molar-refractivity contribution in [3.63, 3.8) is 0 Å². The molecule has 10 rings (SSSR count). The number of nitrogens with one attached hydrogen (secondary N) is 2. The van der Waals surface area contributed by atoms with Crippen LogP contribution in [0.25, 0.3) is 10.9 Å². The van der Waals surface area contributed by atoms with E-state index in [1.807, 2.05) is 24.3 Å². The third-order valence-corrected chi connectivity index (χ3v) is 14.9. The van der Waals surface area contributed by atoms with Crippen molar-refractivity contribution in [2.24, 2.45) is 11.3 Å². The lowest BCUT2D eigenvalue weighted by Crippen LogP contribution is -2.78. The number of benzene rings is 3. The third kappa shape index (κ3) is 6.53. The molecule has 63 heavy (non-hydrogen) atoms. The molecule has 4 aliphatic heterocycles. The van der Waals surface area contributed by atoms with E-state index in [9.17, 15) is 29.2 Å². The van der Waals surface area contributed by atoms with Gasteiger partial charge in [-0.1, -0.05) is 20.8 Å². The zero-order valence-electron chi connectivity index (χ0n) is 36.0. The van der Waals surface area contributed by atoms with Crippen LogP contribution in [0.4, 0.5) is 5.69 Å². The molecule has 4 fully saturated rings. The molecule has 2 unspecified atom stereocenters. The molecule has 5 heterocycles. The number of piperidine rings is 2. The summed E-state index contributed by atoms with van der Waals surface area (Å²) in [6.45, 7) is 12.5. The number of pyridine rings is 1. The number of anilines is 1. The lowest BCUT2D eigenvalue weighted by atomic mass is 9.45. The maximum absolute atomic E-state index is 13.9. The van der Waals surface area contributed by atoms with Gasteiger partial charge < -0.3 is 24.6 Å². The Kier molecular flexibility index (Phi) is 9.82. The maximum Gasteiger partial charge on any atom is 0.262 e. The number of imide groups is 2. The SMILES string of the molecule is CCN(CC1CCN(c2ccc(C(=O)N[C@H]3C(C)(C)[C@@H]4Oc5ccc(C#N)c6nccc(c56)C34C)cc2)CC1)C1CC(Oc2ccc3c(c2)C(=O)N(C2CCC(=O)NC2=O)C3=O)C1. The van der Waals surface area contributed by atoms with Gasteiger partial charge in [-0.15, -0.1) is 0 Å². The topological polar surface area (TPSA) is 174 Å². The number of aromatic nitrogens is 1. The van der Waals surface area contributed by atoms with E-state index in [-0.39, 0.29) is 53.5 Å². The summed E-state index contributed by atoms with van der Waals surface area (Å²) in [7, 11) is 0. The molecule has 2 saturated heterocycles. The van der Waals surface area contributed by atoms with Crippen LogP contribution in [0.5, 0.6) is 11.5 Å². The molecule has 2 aliphatic carbocycles. The quantitative estimate of drug-likeness (QED) is 0.193. The first kappa shape index (κ1) is 40.7. The van der Waals surface area contributed by atoms with Crippen molar-refractivity contribution < 1.29 is 33.4 Å². The lowest BCUT2D eigenvalue weighted by Gasteiger charge is -2.66. The normalized spacial score (nSPS) is 27.1. The molecule has 14 nitrogen and oxygen atoms in total. The Morgan fingerprint density at radius 3 is 2.44 bits per heavy atom. The molecule has 0 spiro atoms. The van der Waals surface area contributed by atoms with E-state index >= 15 is 0 Å². The molecule has 324 valence electrons. The number of rotatable bonds is 10. The third-order valence-electron chi connectivity index (χ3n) is 14.9. The van der Waals surface area contributed by atoms with Crippen LogP contribution in [-0.2, 0) is 15.0 Å². The van der Waals surface area contributed by atoms with Gasteiger partial charge in [-0.2, -0.15) is 5.26 Å². The highest BCUT2D eigenvalue weighted by Gasteiger charge is 2.69. The Morgan fingerprint density at radius 2 is 1.73 bits per heavy atom. The van der Waals surface area contributed by atoms with Crippen LogP contribution in [0.3, 0.4) is 0 Å². The molecule has 1 aromatic heterocycles. The molecular weight excluding hydrogens is 799 g/mol. The van der Waals surface area contributed by atoms with Crippen molar-refractivity contribution in [3.8, 4) is 17.6 Å². The van der Waals surface area contributed by atoms with Crippen molar-refractivity contribution in [1.29, 1.82) is 5.26 Å². The van der Waals surface area contributed by atoms with Crippen LogP contribution in [0.1, 0.15) is 108 Å². The van der Waals surface area contributed by atoms with Crippen molar-refractivity contribution in [2.45, 2.75) is 102 Å². The summed E-state index contributed by atoms with van der Waals surface area (Å²) < 4.78 is 12.9. The second-order valence-corrected chi connectivity index (χ2v) is 18.9. The van der Waals surface area contributed by atoms with Crippen molar-refractivity contribution in [1.82, 2.24) is 25.4 Å². The van der Waals surface area contributed by atoms with Gasteiger partial charge in [0.25, 0.3) is 17.7 Å². The van der Waals surface area contributed by atoms with Crippen LogP contribution in [-0.4, -0.2) is 101 Å². The Labute approximate surface area is 365 Å². The Balaban J connectivity index is 0.709. The highest BCUT2D eigenvalue weighted by molar-refractivity contribution is 6.23. The molecule has 4 atom stereocenters.